The minimum absolute atomic E-state index is 0.00419. The Morgan fingerprint density at radius 3 is 2.70 bits per heavy atom. The lowest BCUT2D eigenvalue weighted by Gasteiger charge is -2.08. The van der Waals surface area contributed by atoms with E-state index in [4.69, 9.17) is 0 Å². The van der Waals surface area contributed by atoms with Gasteiger partial charge in [0.25, 0.3) is 5.56 Å². The summed E-state index contributed by atoms with van der Waals surface area (Å²) in [5.41, 5.74) is 1.37. The van der Waals surface area contributed by atoms with Crippen LogP contribution >= 0.6 is 15.9 Å². The molecule has 0 aliphatic carbocycles. The first-order valence-electron chi connectivity index (χ1n) is 6.08. The summed E-state index contributed by atoms with van der Waals surface area (Å²) in [6.45, 7) is 3.43. The normalized spacial score (nSPS) is 10.3. The Morgan fingerprint density at radius 1 is 1.35 bits per heavy atom. The monoisotopic (exact) mass is 335 g/mol. The fraction of sp³-hybridized carbons (Fsp3) is 0.214. The molecule has 0 fully saturated rings. The van der Waals surface area contributed by atoms with Crippen molar-refractivity contribution in [1.29, 1.82) is 0 Å². The molecule has 1 heterocycles. The number of hydrogen-bond donors (Lipinski definition) is 2. The average Bonchev–Trinajstić information content (AvgIpc) is 2.36. The zero-order valence-corrected chi connectivity index (χ0v) is 12.7. The van der Waals surface area contributed by atoms with Gasteiger partial charge in [-0.15, -0.1) is 0 Å². The van der Waals surface area contributed by atoms with Gasteiger partial charge in [0, 0.05) is 15.7 Å². The van der Waals surface area contributed by atoms with Gasteiger partial charge in [-0.05, 0) is 41.9 Å². The highest BCUT2D eigenvalue weighted by atomic mass is 79.9. The van der Waals surface area contributed by atoms with Gasteiger partial charge in [-0.25, -0.2) is 4.98 Å². The second kappa shape index (κ2) is 6.00. The molecule has 6 heteroatoms. The van der Waals surface area contributed by atoms with Crippen molar-refractivity contribution in [2.45, 2.75) is 20.3 Å². The number of nitrogens with zero attached hydrogens (tertiary/aromatic N) is 1. The van der Waals surface area contributed by atoms with Crippen molar-refractivity contribution >= 4 is 27.5 Å². The zero-order valence-electron chi connectivity index (χ0n) is 11.2. The Labute approximate surface area is 124 Å². The largest absolute Gasteiger partial charge is 0.325 e. The van der Waals surface area contributed by atoms with E-state index in [1.54, 1.807) is 19.9 Å². The maximum Gasteiger partial charge on any atom is 0.254 e. The fourth-order valence-electron chi connectivity index (χ4n) is 1.88. The molecule has 1 amide bonds. The molecule has 104 valence electrons. The number of aromatic amines is 1. The lowest BCUT2D eigenvalue weighted by molar-refractivity contribution is -0.115. The third-order valence-electron chi connectivity index (χ3n) is 2.83. The van der Waals surface area contributed by atoms with Gasteiger partial charge in [0.2, 0.25) is 5.91 Å². The molecular weight excluding hydrogens is 322 g/mol. The number of rotatable bonds is 3. The van der Waals surface area contributed by atoms with Gasteiger partial charge < -0.3 is 10.3 Å². The van der Waals surface area contributed by atoms with Gasteiger partial charge in [0.05, 0.1) is 12.1 Å². The Kier molecular flexibility index (Phi) is 4.34. The molecule has 20 heavy (non-hydrogen) atoms. The van der Waals surface area contributed by atoms with Gasteiger partial charge in [0.1, 0.15) is 5.82 Å². The van der Waals surface area contributed by atoms with E-state index in [-0.39, 0.29) is 17.9 Å². The number of aromatic nitrogens is 2. The summed E-state index contributed by atoms with van der Waals surface area (Å²) in [7, 11) is 0. The predicted octanol–water partition coefficient (Wildman–Crippen LogP) is 2.33. The van der Waals surface area contributed by atoms with Crippen LogP contribution in [0.3, 0.4) is 0 Å². The number of nitrogens with one attached hydrogen (secondary N) is 2. The molecule has 0 bridgehead atoms. The summed E-state index contributed by atoms with van der Waals surface area (Å²) in [6, 6.07) is 7.30. The van der Waals surface area contributed by atoms with E-state index in [0.717, 1.165) is 4.47 Å². The second-order valence-electron chi connectivity index (χ2n) is 4.42. The van der Waals surface area contributed by atoms with Crippen LogP contribution in [0.25, 0.3) is 0 Å². The number of halogens is 1. The molecule has 0 radical (unpaired) electrons. The van der Waals surface area contributed by atoms with Crippen LogP contribution in [-0.2, 0) is 11.2 Å². The quantitative estimate of drug-likeness (QED) is 0.903. The molecule has 2 rings (SSSR count). The van der Waals surface area contributed by atoms with Crippen LogP contribution in [0, 0.1) is 13.8 Å². The highest BCUT2D eigenvalue weighted by molar-refractivity contribution is 9.10. The lowest BCUT2D eigenvalue weighted by atomic mass is 10.1. The number of hydrogen-bond acceptors (Lipinski definition) is 3. The first-order chi connectivity index (χ1) is 9.47. The van der Waals surface area contributed by atoms with Crippen LogP contribution in [0.4, 0.5) is 5.69 Å². The van der Waals surface area contributed by atoms with Crippen LogP contribution in [-0.4, -0.2) is 15.9 Å². The SMILES string of the molecule is Cc1nc(C)c(CC(=O)Nc2ccccc2Br)c(=O)[nH]1. The van der Waals surface area contributed by atoms with Crippen molar-refractivity contribution in [2.24, 2.45) is 0 Å². The highest BCUT2D eigenvalue weighted by Crippen LogP contribution is 2.21. The Balaban J connectivity index is 2.17. The number of carbonyl (C=O) groups is 1. The van der Waals surface area contributed by atoms with E-state index >= 15 is 0 Å². The summed E-state index contributed by atoms with van der Waals surface area (Å²) < 4.78 is 0.793. The van der Waals surface area contributed by atoms with Gasteiger partial charge in [0.15, 0.2) is 0 Å². The van der Waals surface area contributed by atoms with Gasteiger partial charge in [-0.3, -0.25) is 9.59 Å². The number of anilines is 1. The number of amides is 1. The highest BCUT2D eigenvalue weighted by Gasteiger charge is 2.12. The number of benzene rings is 1. The number of H-pyrrole nitrogens is 1. The summed E-state index contributed by atoms with van der Waals surface area (Å²) >= 11 is 3.35. The summed E-state index contributed by atoms with van der Waals surface area (Å²) in [6.07, 6.45) is -0.00419. The molecule has 0 aliphatic heterocycles. The fourth-order valence-corrected chi connectivity index (χ4v) is 2.26. The Hall–Kier alpha value is -1.95. The van der Waals surface area contributed by atoms with Crippen LogP contribution < -0.4 is 10.9 Å². The Bertz CT molecular complexity index is 710. The van der Waals surface area contributed by atoms with E-state index in [1.165, 1.54) is 0 Å². The number of aryl methyl sites for hydroxylation is 2. The van der Waals surface area contributed by atoms with E-state index < -0.39 is 0 Å². The molecule has 0 spiro atoms. The summed E-state index contributed by atoms with van der Waals surface area (Å²) in [5, 5.41) is 2.76. The molecule has 0 saturated carbocycles. The standard InChI is InChI=1S/C14H14BrN3O2/c1-8-10(14(20)17-9(2)16-8)7-13(19)18-12-6-4-3-5-11(12)15/h3-6H,7H2,1-2H3,(H,18,19)(H,16,17,20). The van der Waals surface area contributed by atoms with Crippen LogP contribution in [0.2, 0.25) is 0 Å². The van der Waals surface area contributed by atoms with E-state index in [0.29, 0.717) is 22.8 Å². The minimum atomic E-state index is -0.266. The van der Waals surface area contributed by atoms with Gasteiger partial charge in [-0.2, -0.15) is 0 Å². The molecule has 0 atom stereocenters. The molecule has 0 unspecified atom stereocenters. The van der Waals surface area contributed by atoms with E-state index in [2.05, 4.69) is 31.2 Å². The van der Waals surface area contributed by atoms with Crippen LogP contribution in [0.5, 0.6) is 0 Å². The van der Waals surface area contributed by atoms with Crippen molar-refractivity contribution in [1.82, 2.24) is 9.97 Å². The molecular formula is C14H14BrN3O2. The summed E-state index contributed by atoms with van der Waals surface area (Å²) in [5.74, 6) is 0.290. The molecule has 2 N–H and O–H groups in total. The number of para-hydroxylation sites is 1. The van der Waals surface area contributed by atoms with E-state index in [1.807, 2.05) is 18.2 Å². The minimum Gasteiger partial charge on any atom is -0.325 e. The van der Waals surface area contributed by atoms with Gasteiger partial charge >= 0.3 is 0 Å². The zero-order chi connectivity index (χ0) is 14.7. The molecule has 0 aliphatic rings. The van der Waals surface area contributed by atoms with Crippen molar-refractivity contribution in [3.63, 3.8) is 0 Å². The number of carbonyl (C=O) groups excluding carboxylic acids is 1. The molecule has 1 aromatic heterocycles. The summed E-state index contributed by atoms with van der Waals surface area (Å²) in [4.78, 5) is 30.6. The second-order valence-corrected chi connectivity index (χ2v) is 5.27. The van der Waals surface area contributed by atoms with Crippen LogP contribution in [0.1, 0.15) is 17.1 Å². The smallest absolute Gasteiger partial charge is 0.254 e. The topological polar surface area (TPSA) is 74.8 Å². The third kappa shape index (κ3) is 3.33. The van der Waals surface area contributed by atoms with Crippen LogP contribution in [0.15, 0.2) is 33.5 Å². The van der Waals surface area contributed by atoms with Crippen molar-refractivity contribution in [3.05, 3.63) is 56.2 Å². The molecule has 5 nitrogen and oxygen atoms in total. The molecule has 2 aromatic rings. The molecule has 1 aromatic carbocycles. The third-order valence-corrected chi connectivity index (χ3v) is 3.52. The molecule has 0 saturated heterocycles. The maximum atomic E-state index is 12.0. The Morgan fingerprint density at radius 2 is 2.05 bits per heavy atom. The first kappa shape index (κ1) is 14.5. The van der Waals surface area contributed by atoms with Gasteiger partial charge in [-0.1, -0.05) is 12.1 Å². The predicted molar refractivity (Wildman–Crippen MR) is 80.8 cm³/mol. The maximum absolute atomic E-state index is 12.0. The first-order valence-corrected chi connectivity index (χ1v) is 6.87. The van der Waals surface area contributed by atoms with Crippen molar-refractivity contribution in [2.75, 3.05) is 5.32 Å². The lowest BCUT2D eigenvalue weighted by Crippen LogP contribution is -2.24. The average molecular weight is 336 g/mol. The van der Waals surface area contributed by atoms with Crippen molar-refractivity contribution in [3.8, 4) is 0 Å². The van der Waals surface area contributed by atoms with E-state index in [9.17, 15) is 9.59 Å². The van der Waals surface area contributed by atoms with Crippen molar-refractivity contribution < 1.29 is 4.79 Å².